The maximum Gasteiger partial charge on any atom is 0.177 e. The van der Waals surface area contributed by atoms with Crippen molar-refractivity contribution >= 4 is 5.78 Å². The van der Waals surface area contributed by atoms with Crippen LogP contribution in [0.5, 0.6) is 0 Å². The molecule has 1 unspecified atom stereocenters. The predicted octanol–water partition coefficient (Wildman–Crippen LogP) is 2.29. The fraction of sp³-hybridized carbons (Fsp3) is 0.800. The van der Waals surface area contributed by atoms with Crippen LogP contribution < -0.4 is 0 Å². The van der Waals surface area contributed by atoms with E-state index in [2.05, 4.69) is 11.8 Å². The molecule has 1 aliphatic heterocycles. The number of piperidine rings is 1. The Balaban J connectivity index is 2.16. The number of hydrogen-bond acceptors (Lipinski definition) is 3. The normalized spacial score (nSPS) is 31.5. The molecule has 0 amide bonds. The Morgan fingerprint density at radius 2 is 2.17 bits per heavy atom. The van der Waals surface area contributed by atoms with E-state index in [1.54, 1.807) is 0 Å². The third-order valence-corrected chi connectivity index (χ3v) is 4.15. The van der Waals surface area contributed by atoms with Crippen molar-refractivity contribution in [1.29, 1.82) is 0 Å². The van der Waals surface area contributed by atoms with Crippen molar-refractivity contribution in [2.45, 2.75) is 45.1 Å². The molecule has 0 N–H and O–H groups in total. The molecule has 1 aliphatic carbocycles. The number of likely N-dealkylation sites (tertiary alicyclic amines) is 1. The Hall–Kier alpha value is -0.830. The van der Waals surface area contributed by atoms with Crippen molar-refractivity contribution in [2.24, 2.45) is 5.92 Å². The molecule has 0 aromatic rings. The number of hydrogen-bond donors (Lipinski definition) is 0. The molecule has 0 bridgehead atoms. The van der Waals surface area contributed by atoms with Gasteiger partial charge in [-0.1, -0.05) is 6.92 Å². The molecule has 0 radical (unpaired) electrons. The highest BCUT2D eigenvalue weighted by Gasteiger charge is 2.40. The largest absolute Gasteiger partial charge is 0.383 e. The molecule has 0 spiro atoms. The van der Waals surface area contributed by atoms with Crippen molar-refractivity contribution in [3.8, 4) is 0 Å². The van der Waals surface area contributed by atoms with Crippen LogP contribution in [0.25, 0.3) is 0 Å². The molecule has 1 saturated heterocycles. The van der Waals surface area contributed by atoms with Crippen LogP contribution in [0.3, 0.4) is 0 Å². The molecule has 2 aliphatic rings. The second kappa shape index (κ2) is 5.87. The van der Waals surface area contributed by atoms with Gasteiger partial charge in [0.25, 0.3) is 0 Å². The molecule has 0 aromatic carbocycles. The molecule has 1 heterocycles. The number of nitrogens with zero attached hydrogens (tertiary/aromatic N) is 2. The van der Waals surface area contributed by atoms with Crippen LogP contribution in [0, 0.1) is 5.92 Å². The molecule has 1 saturated carbocycles. The molecule has 3 heteroatoms. The molecule has 102 valence electrons. The van der Waals surface area contributed by atoms with E-state index >= 15 is 0 Å². The van der Waals surface area contributed by atoms with Gasteiger partial charge in [0.2, 0.25) is 0 Å². The summed E-state index contributed by atoms with van der Waals surface area (Å²) in [5.74, 6) is 1.00. The second-order valence-electron chi connectivity index (χ2n) is 5.90. The van der Waals surface area contributed by atoms with Crippen molar-refractivity contribution in [3.63, 3.8) is 0 Å². The summed E-state index contributed by atoms with van der Waals surface area (Å²) in [5, 5.41) is 0. The lowest BCUT2D eigenvalue weighted by molar-refractivity contribution is -0.126. The van der Waals surface area contributed by atoms with Gasteiger partial charge < -0.3 is 4.90 Å². The molecular formula is C15H26N2O. The number of carbonyl (C=O) groups is 1. The number of carbonyl (C=O) groups excluding carboxylic acids is 1. The van der Waals surface area contributed by atoms with Gasteiger partial charge in [-0.3, -0.25) is 9.69 Å². The quantitative estimate of drug-likeness (QED) is 0.718. The first-order chi connectivity index (χ1) is 8.63. The summed E-state index contributed by atoms with van der Waals surface area (Å²) in [6.07, 6.45) is 7.84. The van der Waals surface area contributed by atoms with Crippen molar-refractivity contribution in [1.82, 2.24) is 9.80 Å². The first kappa shape index (κ1) is 13.6. The van der Waals surface area contributed by atoms with Gasteiger partial charge in [-0.15, -0.1) is 0 Å². The monoisotopic (exact) mass is 250 g/mol. The Morgan fingerprint density at radius 3 is 2.83 bits per heavy atom. The summed E-state index contributed by atoms with van der Waals surface area (Å²) in [6, 6.07) is 0.179. The number of fused-ring (bicyclic) bond motifs is 1. The van der Waals surface area contributed by atoms with E-state index in [0.717, 1.165) is 31.5 Å². The Labute approximate surface area is 111 Å². The molecule has 2 rings (SSSR count). The van der Waals surface area contributed by atoms with Gasteiger partial charge in [-0.2, -0.15) is 0 Å². The number of Topliss-reactive ketones (excluding diaryl/α,β-unsaturated/α-hetero) is 1. The van der Waals surface area contributed by atoms with E-state index in [9.17, 15) is 4.79 Å². The zero-order chi connectivity index (χ0) is 13.1. The zero-order valence-corrected chi connectivity index (χ0v) is 12.0. The average Bonchev–Trinajstić information content (AvgIpc) is 2.33. The molecule has 0 aromatic heterocycles. The van der Waals surface area contributed by atoms with Gasteiger partial charge in [0, 0.05) is 25.9 Å². The van der Waals surface area contributed by atoms with Crippen molar-refractivity contribution in [2.75, 3.05) is 27.2 Å². The molecule has 3 nitrogen and oxygen atoms in total. The highest BCUT2D eigenvalue weighted by atomic mass is 16.1. The fourth-order valence-corrected chi connectivity index (χ4v) is 3.47. The van der Waals surface area contributed by atoms with Crippen molar-refractivity contribution < 1.29 is 4.79 Å². The molecule has 18 heavy (non-hydrogen) atoms. The van der Waals surface area contributed by atoms with Crippen LogP contribution in [-0.2, 0) is 4.79 Å². The van der Waals surface area contributed by atoms with E-state index < -0.39 is 0 Å². The minimum atomic E-state index is 0.179. The lowest BCUT2D eigenvalue weighted by Crippen LogP contribution is -2.52. The van der Waals surface area contributed by atoms with Crippen LogP contribution in [0.2, 0.25) is 0 Å². The molecular weight excluding hydrogens is 224 g/mol. The highest BCUT2D eigenvalue weighted by molar-refractivity contribution is 6.00. The second-order valence-corrected chi connectivity index (χ2v) is 5.90. The summed E-state index contributed by atoms with van der Waals surface area (Å²) in [7, 11) is 3.99. The van der Waals surface area contributed by atoms with Gasteiger partial charge >= 0.3 is 0 Å². The molecule has 2 atom stereocenters. The van der Waals surface area contributed by atoms with E-state index in [1.165, 1.54) is 19.3 Å². The van der Waals surface area contributed by atoms with E-state index in [-0.39, 0.29) is 6.04 Å². The summed E-state index contributed by atoms with van der Waals surface area (Å²) in [5.41, 5.74) is 1.03. The third kappa shape index (κ3) is 2.77. The summed E-state index contributed by atoms with van der Waals surface area (Å²) in [4.78, 5) is 17.1. The highest BCUT2D eigenvalue weighted by Crippen LogP contribution is 2.35. The Morgan fingerprint density at radius 1 is 1.39 bits per heavy atom. The lowest BCUT2D eigenvalue weighted by atomic mass is 9.75. The summed E-state index contributed by atoms with van der Waals surface area (Å²) in [6.45, 7) is 4.38. The zero-order valence-electron chi connectivity index (χ0n) is 12.0. The first-order valence-electron chi connectivity index (χ1n) is 7.29. The Bertz CT molecular complexity index is 333. The standard InChI is InChI=1S/C15H26N2O/c1-4-9-17-10-5-6-12-7-8-13(11-16(2)3)15(18)14(12)17/h11-12,14H,4-10H2,1-3H3/t12-,14?/m1/s1. The smallest absolute Gasteiger partial charge is 0.177 e. The number of ketones is 1. The van der Waals surface area contributed by atoms with Crippen LogP contribution in [0.1, 0.15) is 39.0 Å². The maximum atomic E-state index is 12.6. The maximum absolute atomic E-state index is 12.6. The SMILES string of the molecule is CCCN1CCC[C@@H]2CCC(=CN(C)C)C(=O)C21. The van der Waals surface area contributed by atoms with Gasteiger partial charge in [-0.25, -0.2) is 0 Å². The van der Waals surface area contributed by atoms with Gasteiger partial charge in [0.15, 0.2) is 5.78 Å². The van der Waals surface area contributed by atoms with E-state index in [1.807, 2.05) is 25.2 Å². The summed E-state index contributed by atoms with van der Waals surface area (Å²) >= 11 is 0. The van der Waals surface area contributed by atoms with Crippen molar-refractivity contribution in [3.05, 3.63) is 11.8 Å². The number of rotatable bonds is 3. The van der Waals surface area contributed by atoms with E-state index in [0.29, 0.717) is 11.7 Å². The van der Waals surface area contributed by atoms with Crippen LogP contribution >= 0.6 is 0 Å². The topological polar surface area (TPSA) is 23.6 Å². The first-order valence-corrected chi connectivity index (χ1v) is 7.29. The third-order valence-electron chi connectivity index (χ3n) is 4.15. The molecule has 2 fully saturated rings. The predicted molar refractivity (Wildman–Crippen MR) is 74.4 cm³/mol. The minimum absolute atomic E-state index is 0.179. The van der Waals surface area contributed by atoms with Gasteiger partial charge in [-0.05, 0) is 51.1 Å². The summed E-state index contributed by atoms with van der Waals surface area (Å²) < 4.78 is 0. The van der Waals surface area contributed by atoms with E-state index in [4.69, 9.17) is 0 Å². The van der Waals surface area contributed by atoms with Crippen LogP contribution in [-0.4, -0.2) is 48.8 Å². The Kier molecular flexibility index (Phi) is 4.44. The minimum Gasteiger partial charge on any atom is -0.383 e. The fourth-order valence-electron chi connectivity index (χ4n) is 3.47. The van der Waals surface area contributed by atoms with Crippen LogP contribution in [0.4, 0.5) is 0 Å². The lowest BCUT2D eigenvalue weighted by Gasteiger charge is -2.43. The van der Waals surface area contributed by atoms with Gasteiger partial charge in [0.1, 0.15) is 0 Å². The van der Waals surface area contributed by atoms with Crippen LogP contribution in [0.15, 0.2) is 11.8 Å². The van der Waals surface area contributed by atoms with Gasteiger partial charge in [0.05, 0.1) is 6.04 Å². The average molecular weight is 250 g/mol.